The third-order valence-electron chi connectivity index (χ3n) is 5.11. The number of benzene rings is 2. The average Bonchev–Trinajstić information content (AvgIpc) is 2.77. The molecule has 2 atom stereocenters. The lowest BCUT2D eigenvalue weighted by Crippen LogP contribution is -2.51. The van der Waals surface area contributed by atoms with E-state index in [-0.39, 0.29) is 36.0 Å². The topological polar surface area (TPSA) is 139 Å². The molecule has 0 radical (unpaired) electrons. The maximum Gasteiger partial charge on any atom is 0.407 e. The molecule has 0 aromatic heterocycles. The van der Waals surface area contributed by atoms with Crippen LogP contribution in [0.2, 0.25) is 0 Å². The number of sulfonamides is 1. The molecule has 198 valence electrons. The molecular weight excluding hydrogens is 486 g/mol. The van der Waals surface area contributed by atoms with Crippen LogP contribution in [0, 0.1) is 16.0 Å². The summed E-state index contributed by atoms with van der Waals surface area (Å²) in [5.41, 5.74) is -0.143. The van der Waals surface area contributed by atoms with Crippen LogP contribution in [0.25, 0.3) is 0 Å². The number of aliphatic hydroxyl groups excluding tert-OH is 1. The van der Waals surface area contributed by atoms with Crippen molar-refractivity contribution in [3.05, 3.63) is 70.3 Å². The Hall–Kier alpha value is -3.02. The zero-order valence-electron chi connectivity index (χ0n) is 21.2. The van der Waals surface area contributed by atoms with Gasteiger partial charge >= 0.3 is 6.09 Å². The van der Waals surface area contributed by atoms with Crippen molar-refractivity contribution in [1.29, 1.82) is 0 Å². The third kappa shape index (κ3) is 8.89. The number of non-ortho nitro benzene ring substituents is 1. The van der Waals surface area contributed by atoms with Crippen LogP contribution in [0.1, 0.15) is 40.2 Å². The first kappa shape index (κ1) is 29.2. The van der Waals surface area contributed by atoms with E-state index in [9.17, 15) is 28.4 Å². The molecule has 1 unspecified atom stereocenters. The Bertz CT molecular complexity index is 1110. The molecule has 0 bridgehead atoms. The predicted molar refractivity (Wildman–Crippen MR) is 136 cm³/mol. The van der Waals surface area contributed by atoms with Crippen LogP contribution in [0.4, 0.5) is 10.5 Å². The number of amides is 1. The SMILES string of the molecule is CC(C)CN(CC(O)[C@H](Cc1ccccc1)NC(=O)OC(C)(C)C)S(=O)(=O)c1ccc([N+](=O)[O-])cc1. The first-order valence-corrected chi connectivity index (χ1v) is 13.1. The molecule has 0 spiro atoms. The van der Waals surface area contributed by atoms with E-state index in [2.05, 4.69) is 5.32 Å². The molecule has 0 aliphatic rings. The van der Waals surface area contributed by atoms with Crippen molar-refractivity contribution in [2.24, 2.45) is 5.92 Å². The minimum atomic E-state index is -4.09. The molecule has 2 aromatic rings. The lowest BCUT2D eigenvalue weighted by molar-refractivity contribution is -0.384. The van der Waals surface area contributed by atoms with E-state index < -0.39 is 38.8 Å². The normalized spacial score (nSPS) is 13.9. The van der Waals surface area contributed by atoms with Gasteiger partial charge in [0.2, 0.25) is 10.0 Å². The number of hydrogen-bond donors (Lipinski definition) is 2. The summed E-state index contributed by atoms with van der Waals surface area (Å²) in [7, 11) is -4.09. The van der Waals surface area contributed by atoms with Crippen LogP contribution in [0.3, 0.4) is 0 Å². The Morgan fingerprint density at radius 2 is 1.67 bits per heavy atom. The van der Waals surface area contributed by atoms with E-state index in [1.807, 2.05) is 44.2 Å². The lowest BCUT2D eigenvalue weighted by atomic mass is 10.0. The van der Waals surface area contributed by atoms with Crippen LogP contribution in [0.15, 0.2) is 59.5 Å². The third-order valence-corrected chi connectivity index (χ3v) is 6.96. The molecule has 11 heteroatoms. The number of nitrogens with zero attached hydrogens (tertiary/aromatic N) is 2. The summed E-state index contributed by atoms with van der Waals surface area (Å²) < 4.78 is 33.3. The van der Waals surface area contributed by atoms with Gasteiger partial charge in [0.1, 0.15) is 5.60 Å². The highest BCUT2D eigenvalue weighted by Crippen LogP contribution is 2.22. The largest absolute Gasteiger partial charge is 0.444 e. The number of nitrogens with one attached hydrogen (secondary N) is 1. The van der Waals surface area contributed by atoms with Crippen molar-refractivity contribution < 1.29 is 28.0 Å². The first-order chi connectivity index (χ1) is 16.7. The van der Waals surface area contributed by atoms with Gasteiger partial charge in [0, 0.05) is 25.2 Å². The van der Waals surface area contributed by atoms with Crippen LogP contribution in [0.5, 0.6) is 0 Å². The zero-order valence-corrected chi connectivity index (χ0v) is 22.1. The van der Waals surface area contributed by atoms with Gasteiger partial charge in [0.15, 0.2) is 0 Å². The Labute approximate surface area is 212 Å². The molecule has 1 amide bonds. The van der Waals surface area contributed by atoms with Crippen LogP contribution < -0.4 is 5.32 Å². The van der Waals surface area contributed by atoms with E-state index in [4.69, 9.17) is 4.74 Å². The summed E-state index contributed by atoms with van der Waals surface area (Å²) in [6, 6.07) is 12.9. The molecule has 2 rings (SSSR count). The smallest absolute Gasteiger partial charge is 0.407 e. The molecule has 0 fully saturated rings. The molecule has 2 N–H and O–H groups in total. The maximum absolute atomic E-state index is 13.4. The Kier molecular flexibility index (Phi) is 9.97. The maximum atomic E-state index is 13.4. The molecule has 0 aliphatic heterocycles. The zero-order chi connectivity index (χ0) is 27.1. The van der Waals surface area contributed by atoms with Crippen LogP contribution >= 0.6 is 0 Å². The van der Waals surface area contributed by atoms with E-state index in [0.29, 0.717) is 0 Å². The van der Waals surface area contributed by atoms with Crippen molar-refractivity contribution in [1.82, 2.24) is 9.62 Å². The van der Waals surface area contributed by atoms with E-state index in [1.54, 1.807) is 20.8 Å². The summed E-state index contributed by atoms with van der Waals surface area (Å²) in [6.45, 7) is 8.63. The molecule has 0 saturated heterocycles. The average molecular weight is 522 g/mol. The number of carbonyl (C=O) groups excluding carboxylic acids is 1. The minimum absolute atomic E-state index is 0.0728. The molecular formula is C25H35N3O7S. The number of hydrogen-bond acceptors (Lipinski definition) is 7. The quantitative estimate of drug-likeness (QED) is 0.339. The fraction of sp³-hybridized carbons (Fsp3) is 0.480. The second-order valence-electron chi connectivity index (χ2n) is 9.98. The highest BCUT2D eigenvalue weighted by molar-refractivity contribution is 7.89. The van der Waals surface area contributed by atoms with Gasteiger partial charge < -0.3 is 15.2 Å². The van der Waals surface area contributed by atoms with Gasteiger partial charge in [-0.2, -0.15) is 4.31 Å². The molecule has 0 aliphatic carbocycles. The highest BCUT2D eigenvalue weighted by Gasteiger charge is 2.32. The Balaban J connectivity index is 2.33. The standard InChI is InChI=1S/C25H35N3O7S/c1-18(2)16-27(36(33,34)21-13-11-20(12-14-21)28(31)32)17-23(29)22(15-19-9-7-6-8-10-19)26-24(30)35-25(3,4)5/h6-14,18,22-23,29H,15-17H2,1-5H3,(H,26,30)/t22-,23?/m0/s1. The van der Waals surface area contributed by atoms with E-state index in [1.165, 1.54) is 12.1 Å². The van der Waals surface area contributed by atoms with Gasteiger partial charge in [-0.25, -0.2) is 13.2 Å². The molecule has 2 aromatic carbocycles. The summed E-state index contributed by atoms with van der Waals surface area (Å²) in [5.74, 6) is -0.0728. The minimum Gasteiger partial charge on any atom is -0.444 e. The highest BCUT2D eigenvalue weighted by atomic mass is 32.2. The summed E-state index contributed by atoms with van der Waals surface area (Å²) in [5, 5.41) is 24.8. The lowest BCUT2D eigenvalue weighted by Gasteiger charge is -2.31. The number of nitro benzene ring substituents is 1. The Morgan fingerprint density at radius 1 is 1.08 bits per heavy atom. The number of rotatable bonds is 11. The summed E-state index contributed by atoms with van der Waals surface area (Å²) in [4.78, 5) is 22.7. The van der Waals surface area contributed by atoms with Crippen LogP contribution in [-0.2, 0) is 21.2 Å². The van der Waals surface area contributed by atoms with Gasteiger partial charge in [0.25, 0.3) is 5.69 Å². The van der Waals surface area contributed by atoms with Gasteiger partial charge in [-0.05, 0) is 50.8 Å². The van der Waals surface area contributed by atoms with Crippen molar-refractivity contribution in [3.8, 4) is 0 Å². The second-order valence-corrected chi connectivity index (χ2v) is 11.9. The van der Waals surface area contributed by atoms with Gasteiger partial charge in [-0.1, -0.05) is 44.2 Å². The second kappa shape index (κ2) is 12.3. The van der Waals surface area contributed by atoms with E-state index >= 15 is 0 Å². The number of alkyl carbamates (subject to hydrolysis) is 1. The number of aliphatic hydroxyl groups is 1. The van der Waals surface area contributed by atoms with E-state index in [0.717, 1.165) is 22.0 Å². The molecule has 36 heavy (non-hydrogen) atoms. The molecule has 10 nitrogen and oxygen atoms in total. The molecule has 0 saturated carbocycles. The Morgan fingerprint density at radius 3 is 2.17 bits per heavy atom. The summed E-state index contributed by atoms with van der Waals surface area (Å²) >= 11 is 0. The number of carbonyl (C=O) groups is 1. The predicted octanol–water partition coefficient (Wildman–Crippen LogP) is 3.74. The van der Waals surface area contributed by atoms with Crippen LogP contribution in [-0.4, -0.2) is 59.7 Å². The van der Waals surface area contributed by atoms with Gasteiger partial charge in [-0.3, -0.25) is 10.1 Å². The van der Waals surface area contributed by atoms with Crippen molar-refractivity contribution in [2.45, 2.75) is 63.7 Å². The number of nitro groups is 1. The monoisotopic (exact) mass is 521 g/mol. The molecule has 0 heterocycles. The van der Waals surface area contributed by atoms with Crippen molar-refractivity contribution in [2.75, 3.05) is 13.1 Å². The first-order valence-electron chi connectivity index (χ1n) is 11.6. The number of ether oxygens (including phenoxy) is 1. The fourth-order valence-electron chi connectivity index (χ4n) is 3.51. The fourth-order valence-corrected chi connectivity index (χ4v) is 5.13. The van der Waals surface area contributed by atoms with Gasteiger partial charge in [-0.15, -0.1) is 0 Å². The van der Waals surface area contributed by atoms with Gasteiger partial charge in [0.05, 0.1) is 22.0 Å². The van der Waals surface area contributed by atoms with Crippen molar-refractivity contribution in [3.63, 3.8) is 0 Å². The van der Waals surface area contributed by atoms with Crippen molar-refractivity contribution >= 4 is 21.8 Å². The summed E-state index contributed by atoms with van der Waals surface area (Å²) in [6.07, 6.45) is -1.76.